The normalized spacial score (nSPS) is 11.7. The van der Waals surface area contributed by atoms with E-state index in [1.165, 1.54) is 24.3 Å². The topological polar surface area (TPSA) is 98.0 Å². The summed E-state index contributed by atoms with van der Waals surface area (Å²) in [7, 11) is 0. The number of rotatable bonds is 4. The molecule has 7 nitrogen and oxygen atoms in total. The van der Waals surface area contributed by atoms with Crippen molar-refractivity contribution in [3.05, 3.63) is 62.9 Å². The quantitative estimate of drug-likeness (QED) is 0.691. The molecule has 0 saturated heterocycles. The monoisotopic (exact) mass is 306 g/mol. The highest BCUT2D eigenvalue weighted by Crippen LogP contribution is 2.19. The van der Waals surface area contributed by atoms with Crippen molar-refractivity contribution in [2.75, 3.05) is 0 Å². The number of carbonyl (C=O) groups is 1. The Morgan fingerprint density at radius 1 is 1.33 bits per heavy atom. The molecule has 0 bridgehead atoms. The second-order valence-electron chi connectivity index (χ2n) is 4.29. The van der Waals surface area contributed by atoms with Gasteiger partial charge in [-0.2, -0.15) is 0 Å². The Morgan fingerprint density at radius 2 is 2.10 bits per heavy atom. The van der Waals surface area contributed by atoms with Gasteiger partial charge >= 0.3 is 0 Å². The first kappa shape index (κ1) is 14.9. The Kier molecular flexibility index (Phi) is 4.44. The first-order valence-electron chi connectivity index (χ1n) is 6.02. The van der Waals surface area contributed by atoms with Crippen LogP contribution in [-0.4, -0.2) is 21.0 Å². The van der Waals surface area contributed by atoms with Crippen LogP contribution in [0.2, 0.25) is 5.15 Å². The summed E-state index contributed by atoms with van der Waals surface area (Å²) in [5.41, 5.74) is 0.719. The standard InChI is InChI=1S/C13H11ClN4O3/c1-8(9-3-2-4-10(7-9)18(20)21)15-13(19)11-5-6-12(14)17-16-11/h2-8H,1H3,(H,15,19). The lowest BCUT2D eigenvalue weighted by atomic mass is 10.1. The molecule has 108 valence electrons. The predicted molar refractivity (Wildman–Crippen MR) is 76.0 cm³/mol. The van der Waals surface area contributed by atoms with Crippen LogP contribution in [0.25, 0.3) is 0 Å². The third-order valence-electron chi connectivity index (χ3n) is 2.79. The van der Waals surface area contributed by atoms with Gasteiger partial charge in [-0.05, 0) is 24.6 Å². The van der Waals surface area contributed by atoms with E-state index < -0.39 is 16.9 Å². The fourth-order valence-electron chi connectivity index (χ4n) is 1.70. The molecule has 0 saturated carbocycles. The zero-order chi connectivity index (χ0) is 15.4. The largest absolute Gasteiger partial charge is 0.344 e. The molecular formula is C13H11ClN4O3. The first-order valence-corrected chi connectivity index (χ1v) is 6.39. The first-order chi connectivity index (χ1) is 9.97. The number of nitrogens with zero attached hydrogens (tertiary/aromatic N) is 3. The molecule has 1 N–H and O–H groups in total. The van der Waals surface area contributed by atoms with Crippen LogP contribution in [-0.2, 0) is 0 Å². The molecule has 2 rings (SSSR count). The summed E-state index contributed by atoms with van der Waals surface area (Å²) in [5, 5.41) is 20.9. The number of hydrogen-bond acceptors (Lipinski definition) is 5. The summed E-state index contributed by atoms with van der Waals surface area (Å²) >= 11 is 5.60. The fraction of sp³-hybridized carbons (Fsp3) is 0.154. The average molecular weight is 307 g/mol. The van der Waals surface area contributed by atoms with Gasteiger partial charge in [-0.3, -0.25) is 14.9 Å². The minimum atomic E-state index is -0.483. The minimum absolute atomic E-state index is 0.0279. The number of non-ortho nitro benzene ring substituents is 1. The molecule has 0 aliphatic carbocycles. The maximum absolute atomic E-state index is 12.0. The van der Waals surface area contributed by atoms with Gasteiger partial charge in [0.15, 0.2) is 10.8 Å². The number of halogens is 1. The summed E-state index contributed by atoms with van der Waals surface area (Å²) in [4.78, 5) is 22.2. The predicted octanol–water partition coefficient (Wildman–Crippen LogP) is 2.53. The molecule has 1 heterocycles. The maximum atomic E-state index is 12.0. The molecule has 0 radical (unpaired) electrons. The molecule has 1 aromatic heterocycles. The van der Waals surface area contributed by atoms with Crippen LogP contribution < -0.4 is 5.32 Å². The lowest BCUT2D eigenvalue weighted by molar-refractivity contribution is -0.384. The van der Waals surface area contributed by atoms with Gasteiger partial charge in [-0.25, -0.2) is 0 Å². The summed E-state index contributed by atoms with van der Waals surface area (Å²) in [6, 6.07) is 8.58. The molecular weight excluding hydrogens is 296 g/mol. The molecule has 21 heavy (non-hydrogen) atoms. The highest BCUT2D eigenvalue weighted by molar-refractivity contribution is 6.29. The van der Waals surface area contributed by atoms with Crippen molar-refractivity contribution < 1.29 is 9.72 Å². The summed E-state index contributed by atoms with van der Waals surface area (Å²) in [5.74, 6) is -0.432. The van der Waals surface area contributed by atoms with E-state index in [-0.39, 0.29) is 16.5 Å². The van der Waals surface area contributed by atoms with E-state index in [0.29, 0.717) is 5.56 Å². The molecule has 0 aliphatic heterocycles. The smallest absolute Gasteiger partial charge is 0.272 e. The molecule has 0 aliphatic rings. The van der Waals surface area contributed by atoms with Crippen LogP contribution in [0.3, 0.4) is 0 Å². The summed E-state index contributed by atoms with van der Waals surface area (Å²) < 4.78 is 0. The van der Waals surface area contributed by atoms with Gasteiger partial charge in [0, 0.05) is 12.1 Å². The second-order valence-corrected chi connectivity index (χ2v) is 4.68. The Bertz CT molecular complexity index is 675. The molecule has 1 atom stereocenters. The van der Waals surface area contributed by atoms with E-state index in [1.54, 1.807) is 19.1 Å². The van der Waals surface area contributed by atoms with Crippen LogP contribution in [0.15, 0.2) is 36.4 Å². The Labute approximate surface area is 125 Å². The van der Waals surface area contributed by atoms with Crippen molar-refractivity contribution in [2.45, 2.75) is 13.0 Å². The van der Waals surface area contributed by atoms with Crippen molar-refractivity contribution in [1.82, 2.24) is 15.5 Å². The van der Waals surface area contributed by atoms with Crippen molar-refractivity contribution in [2.24, 2.45) is 0 Å². The van der Waals surface area contributed by atoms with Crippen molar-refractivity contribution in [3.63, 3.8) is 0 Å². The van der Waals surface area contributed by atoms with E-state index in [0.717, 1.165) is 0 Å². The zero-order valence-corrected chi connectivity index (χ0v) is 11.7. The summed E-state index contributed by atoms with van der Waals surface area (Å²) in [6.07, 6.45) is 0. The number of benzene rings is 1. The Morgan fingerprint density at radius 3 is 2.71 bits per heavy atom. The molecule has 1 amide bonds. The third-order valence-corrected chi connectivity index (χ3v) is 2.99. The van der Waals surface area contributed by atoms with E-state index >= 15 is 0 Å². The van der Waals surface area contributed by atoms with Gasteiger partial charge in [0.05, 0.1) is 11.0 Å². The van der Waals surface area contributed by atoms with E-state index in [4.69, 9.17) is 11.6 Å². The van der Waals surface area contributed by atoms with Crippen LogP contribution in [0.4, 0.5) is 5.69 Å². The van der Waals surface area contributed by atoms with E-state index in [2.05, 4.69) is 15.5 Å². The van der Waals surface area contributed by atoms with Gasteiger partial charge in [-0.1, -0.05) is 23.7 Å². The Balaban J connectivity index is 2.12. The third kappa shape index (κ3) is 3.73. The number of amides is 1. The molecule has 1 unspecified atom stereocenters. The van der Waals surface area contributed by atoms with Crippen LogP contribution in [0.5, 0.6) is 0 Å². The maximum Gasteiger partial charge on any atom is 0.272 e. The van der Waals surface area contributed by atoms with E-state index in [1.807, 2.05) is 0 Å². The number of carbonyl (C=O) groups excluding carboxylic acids is 1. The van der Waals surface area contributed by atoms with Crippen molar-refractivity contribution in [3.8, 4) is 0 Å². The number of aromatic nitrogens is 2. The number of nitro groups is 1. The fourth-order valence-corrected chi connectivity index (χ4v) is 1.80. The van der Waals surface area contributed by atoms with Crippen molar-refractivity contribution >= 4 is 23.2 Å². The molecule has 2 aromatic rings. The lowest BCUT2D eigenvalue weighted by Gasteiger charge is -2.13. The van der Waals surface area contributed by atoms with Gasteiger partial charge in [0.2, 0.25) is 0 Å². The molecule has 0 fully saturated rings. The second kappa shape index (κ2) is 6.27. The zero-order valence-electron chi connectivity index (χ0n) is 11.0. The van der Waals surface area contributed by atoms with Gasteiger partial charge in [0.25, 0.3) is 11.6 Å². The van der Waals surface area contributed by atoms with Gasteiger partial charge in [-0.15, -0.1) is 10.2 Å². The number of nitrogens with one attached hydrogen (secondary N) is 1. The van der Waals surface area contributed by atoms with Crippen molar-refractivity contribution in [1.29, 1.82) is 0 Å². The van der Waals surface area contributed by atoms with Gasteiger partial charge < -0.3 is 5.32 Å². The number of nitro benzene ring substituents is 1. The minimum Gasteiger partial charge on any atom is -0.344 e. The molecule has 8 heteroatoms. The summed E-state index contributed by atoms with van der Waals surface area (Å²) in [6.45, 7) is 1.72. The van der Waals surface area contributed by atoms with Crippen LogP contribution in [0, 0.1) is 10.1 Å². The molecule has 0 spiro atoms. The Hall–Kier alpha value is -2.54. The molecule has 1 aromatic carbocycles. The average Bonchev–Trinajstić information content (AvgIpc) is 2.48. The van der Waals surface area contributed by atoms with Crippen LogP contribution in [0.1, 0.15) is 29.0 Å². The lowest BCUT2D eigenvalue weighted by Crippen LogP contribution is -2.27. The number of hydrogen-bond donors (Lipinski definition) is 1. The van der Waals surface area contributed by atoms with Gasteiger partial charge in [0.1, 0.15) is 0 Å². The highest BCUT2D eigenvalue weighted by atomic mass is 35.5. The van der Waals surface area contributed by atoms with E-state index in [9.17, 15) is 14.9 Å². The van der Waals surface area contributed by atoms with Crippen LogP contribution >= 0.6 is 11.6 Å². The highest BCUT2D eigenvalue weighted by Gasteiger charge is 2.15. The SMILES string of the molecule is CC(NC(=O)c1ccc(Cl)nn1)c1cccc([N+](=O)[O-])c1.